The molecule has 2 heterocycles. The lowest BCUT2D eigenvalue weighted by Gasteiger charge is -2.16. The summed E-state index contributed by atoms with van der Waals surface area (Å²) >= 11 is 0. The van der Waals surface area contributed by atoms with E-state index in [9.17, 15) is 14.7 Å². The molecule has 6 heteroatoms. The summed E-state index contributed by atoms with van der Waals surface area (Å²) in [6.07, 6.45) is 8.82. The van der Waals surface area contributed by atoms with Gasteiger partial charge in [0.1, 0.15) is 0 Å². The Kier molecular flexibility index (Phi) is 3.94. The van der Waals surface area contributed by atoms with Gasteiger partial charge in [-0.3, -0.25) is 9.59 Å². The third-order valence-corrected chi connectivity index (χ3v) is 4.63. The van der Waals surface area contributed by atoms with Crippen LogP contribution in [0.25, 0.3) is 0 Å². The van der Waals surface area contributed by atoms with Gasteiger partial charge < -0.3 is 14.6 Å². The van der Waals surface area contributed by atoms with Gasteiger partial charge in [-0.05, 0) is 31.1 Å². The number of hydrogen-bond acceptors (Lipinski definition) is 3. The molecule has 1 aromatic rings. The highest BCUT2D eigenvalue weighted by molar-refractivity contribution is 5.79. The number of aliphatic carboxylic acids is 1. The standard InChI is InChI=1S/C15H21N3O3/c19-14(2-1-6-17-7-5-16-10-17)18-8-12(11-3-4-11)13(9-18)15(20)21/h5,7,10-13H,1-4,6,8-9H2,(H,20,21)/t12-,13+/m0/s1. The Morgan fingerprint density at radius 1 is 1.29 bits per heavy atom. The van der Waals surface area contributed by atoms with Crippen LogP contribution >= 0.6 is 0 Å². The van der Waals surface area contributed by atoms with Gasteiger partial charge in [-0.15, -0.1) is 0 Å². The molecule has 21 heavy (non-hydrogen) atoms. The van der Waals surface area contributed by atoms with E-state index in [1.165, 1.54) is 0 Å². The Hall–Kier alpha value is -1.85. The van der Waals surface area contributed by atoms with Gasteiger partial charge in [0.05, 0.1) is 12.2 Å². The summed E-state index contributed by atoms with van der Waals surface area (Å²) in [4.78, 5) is 29.3. The Balaban J connectivity index is 1.49. The molecule has 1 aliphatic heterocycles. The van der Waals surface area contributed by atoms with Crippen molar-refractivity contribution in [1.82, 2.24) is 14.5 Å². The van der Waals surface area contributed by atoms with Crippen LogP contribution in [0.3, 0.4) is 0 Å². The summed E-state index contributed by atoms with van der Waals surface area (Å²) in [6, 6.07) is 0. The van der Waals surface area contributed by atoms with Gasteiger partial charge >= 0.3 is 5.97 Å². The minimum absolute atomic E-state index is 0.0875. The van der Waals surface area contributed by atoms with Gasteiger partial charge in [-0.2, -0.15) is 0 Å². The number of carboxylic acid groups (broad SMARTS) is 1. The van der Waals surface area contributed by atoms with Crippen LogP contribution in [-0.4, -0.2) is 44.5 Å². The maximum absolute atomic E-state index is 12.2. The lowest BCUT2D eigenvalue weighted by molar-refractivity contribution is -0.142. The zero-order chi connectivity index (χ0) is 14.8. The van der Waals surface area contributed by atoms with Crippen molar-refractivity contribution in [2.75, 3.05) is 13.1 Å². The predicted molar refractivity (Wildman–Crippen MR) is 75.4 cm³/mol. The topological polar surface area (TPSA) is 75.4 Å². The normalized spacial score (nSPS) is 25.2. The van der Waals surface area contributed by atoms with Gasteiger partial charge in [0.15, 0.2) is 0 Å². The fourth-order valence-electron chi connectivity index (χ4n) is 3.29. The van der Waals surface area contributed by atoms with Gasteiger partial charge in [-0.1, -0.05) is 0 Å². The molecule has 0 spiro atoms. The average Bonchev–Trinajstić information content (AvgIpc) is 3.00. The summed E-state index contributed by atoms with van der Waals surface area (Å²) in [5, 5.41) is 9.31. The fourth-order valence-corrected chi connectivity index (χ4v) is 3.29. The summed E-state index contributed by atoms with van der Waals surface area (Å²) in [5.41, 5.74) is 0. The Labute approximate surface area is 123 Å². The fraction of sp³-hybridized carbons (Fsp3) is 0.667. The van der Waals surface area contributed by atoms with Crippen molar-refractivity contribution in [1.29, 1.82) is 0 Å². The van der Waals surface area contributed by atoms with E-state index in [0.29, 0.717) is 25.4 Å². The molecule has 1 N–H and O–H groups in total. The minimum atomic E-state index is -0.749. The van der Waals surface area contributed by atoms with Crippen LogP contribution in [0, 0.1) is 17.8 Å². The Morgan fingerprint density at radius 2 is 2.10 bits per heavy atom. The number of carbonyl (C=O) groups is 2. The average molecular weight is 291 g/mol. The molecular formula is C15H21N3O3. The van der Waals surface area contributed by atoms with Crippen LogP contribution in [0.4, 0.5) is 0 Å². The first kappa shape index (κ1) is 14.1. The van der Waals surface area contributed by atoms with Crippen molar-refractivity contribution in [3.05, 3.63) is 18.7 Å². The molecule has 114 valence electrons. The zero-order valence-corrected chi connectivity index (χ0v) is 12.0. The molecule has 6 nitrogen and oxygen atoms in total. The summed E-state index contributed by atoms with van der Waals surface area (Å²) in [7, 11) is 0. The summed E-state index contributed by atoms with van der Waals surface area (Å²) in [6.45, 7) is 1.79. The molecule has 1 aromatic heterocycles. The SMILES string of the molecule is O=C(O)[C@@H]1CN(C(=O)CCCn2ccnc2)C[C@H]1C1CC1. The highest BCUT2D eigenvalue weighted by Gasteiger charge is 2.46. The molecule has 0 radical (unpaired) electrons. The number of nitrogens with zero attached hydrogens (tertiary/aromatic N) is 3. The first-order chi connectivity index (χ1) is 10.1. The third-order valence-electron chi connectivity index (χ3n) is 4.63. The highest BCUT2D eigenvalue weighted by Crippen LogP contribution is 2.44. The second-order valence-corrected chi connectivity index (χ2v) is 6.15. The maximum Gasteiger partial charge on any atom is 0.308 e. The van der Waals surface area contributed by atoms with E-state index >= 15 is 0 Å². The number of carboxylic acids is 1. The molecule has 3 rings (SSSR count). The van der Waals surface area contributed by atoms with Crippen molar-refractivity contribution in [3.8, 4) is 0 Å². The van der Waals surface area contributed by atoms with Crippen molar-refractivity contribution in [2.24, 2.45) is 17.8 Å². The van der Waals surface area contributed by atoms with Crippen molar-refractivity contribution >= 4 is 11.9 Å². The zero-order valence-electron chi connectivity index (χ0n) is 12.0. The van der Waals surface area contributed by atoms with E-state index in [2.05, 4.69) is 4.98 Å². The van der Waals surface area contributed by atoms with E-state index in [0.717, 1.165) is 25.8 Å². The van der Waals surface area contributed by atoms with E-state index in [-0.39, 0.29) is 17.7 Å². The molecule has 1 saturated heterocycles. The predicted octanol–water partition coefficient (Wildman–Crippen LogP) is 1.23. The molecule has 0 unspecified atom stereocenters. The molecule has 1 saturated carbocycles. The van der Waals surface area contributed by atoms with Gasteiger partial charge in [0, 0.05) is 38.4 Å². The van der Waals surface area contributed by atoms with Gasteiger partial charge in [-0.25, -0.2) is 4.98 Å². The van der Waals surface area contributed by atoms with E-state index in [4.69, 9.17) is 0 Å². The van der Waals surface area contributed by atoms with Crippen LogP contribution in [-0.2, 0) is 16.1 Å². The Morgan fingerprint density at radius 3 is 2.71 bits per heavy atom. The number of amides is 1. The quantitative estimate of drug-likeness (QED) is 0.855. The minimum Gasteiger partial charge on any atom is -0.481 e. The number of aryl methyl sites for hydroxylation is 1. The first-order valence-corrected chi connectivity index (χ1v) is 7.61. The molecule has 2 aliphatic rings. The largest absolute Gasteiger partial charge is 0.481 e. The molecule has 1 aliphatic carbocycles. The molecule has 0 aromatic carbocycles. The second kappa shape index (κ2) is 5.87. The molecule has 1 amide bonds. The summed E-state index contributed by atoms with van der Waals surface area (Å²) < 4.78 is 1.95. The van der Waals surface area contributed by atoms with E-state index in [1.807, 2.05) is 10.8 Å². The first-order valence-electron chi connectivity index (χ1n) is 7.61. The van der Waals surface area contributed by atoms with Gasteiger partial charge in [0.25, 0.3) is 0 Å². The maximum atomic E-state index is 12.2. The van der Waals surface area contributed by atoms with E-state index < -0.39 is 5.97 Å². The number of likely N-dealkylation sites (tertiary alicyclic amines) is 1. The van der Waals surface area contributed by atoms with Crippen LogP contribution in [0.1, 0.15) is 25.7 Å². The van der Waals surface area contributed by atoms with Crippen molar-refractivity contribution in [2.45, 2.75) is 32.2 Å². The number of carbonyl (C=O) groups excluding carboxylic acids is 1. The number of hydrogen-bond donors (Lipinski definition) is 1. The highest BCUT2D eigenvalue weighted by atomic mass is 16.4. The molecule has 2 atom stereocenters. The van der Waals surface area contributed by atoms with Crippen LogP contribution in [0.2, 0.25) is 0 Å². The van der Waals surface area contributed by atoms with Crippen molar-refractivity contribution < 1.29 is 14.7 Å². The molecule has 2 fully saturated rings. The van der Waals surface area contributed by atoms with Crippen LogP contribution in [0.15, 0.2) is 18.7 Å². The Bertz CT molecular complexity index is 510. The smallest absolute Gasteiger partial charge is 0.308 e. The number of imidazole rings is 1. The monoisotopic (exact) mass is 291 g/mol. The molecule has 0 bridgehead atoms. The van der Waals surface area contributed by atoms with Crippen LogP contribution < -0.4 is 0 Å². The lowest BCUT2D eigenvalue weighted by Crippen LogP contribution is -2.29. The lowest BCUT2D eigenvalue weighted by atomic mass is 9.92. The second-order valence-electron chi connectivity index (χ2n) is 6.15. The number of aromatic nitrogens is 2. The van der Waals surface area contributed by atoms with Gasteiger partial charge in [0.2, 0.25) is 5.91 Å². The molecular weight excluding hydrogens is 270 g/mol. The summed E-state index contributed by atoms with van der Waals surface area (Å²) in [5.74, 6) is -0.338. The van der Waals surface area contributed by atoms with Crippen LogP contribution in [0.5, 0.6) is 0 Å². The van der Waals surface area contributed by atoms with Crippen molar-refractivity contribution in [3.63, 3.8) is 0 Å². The number of rotatable bonds is 6. The van der Waals surface area contributed by atoms with E-state index in [1.54, 1.807) is 17.4 Å². The third kappa shape index (κ3) is 3.25.